The molecule has 0 aliphatic rings. The molecule has 0 saturated carbocycles. The van der Waals surface area contributed by atoms with Crippen molar-refractivity contribution in [1.29, 1.82) is 0 Å². The third kappa shape index (κ3) is 4.51. The number of fused-ring (bicyclic) bond motifs is 2. The number of nitrogens with one attached hydrogen (secondary N) is 1. The number of hydrogen-bond acceptors (Lipinski definition) is 3. The van der Waals surface area contributed by atoms with Gasteiger partial charge in [0.05, 0.1) is 22.6 Å². The second kappa shape index (κ2) is 10.3. The Labute approximate surface area is 228 Å². The van der Waals surface area contributed by atoms with E-state index in [0.717, 1.165) is 22.0 Å². The third-order valence-electron chi connectivity index (χ3n) is 6.96. The van der Waals surface area contributed by atoms with Crippen LogP contribution in [0.4, 0.5) is 11.4 Å². The summed E-state index contributed by atoms with van der Waals surface area (Å²) < 4.78 is 6.47. The number of aryl methyl sites for hydroxylation is 3. The van der Waals surface area contributed by atoms with E-state index in [2.05, 4.69) is 98.9 Å². The highest BCUT2D eigenvalue weighted by Crippen LogP contribution is 2.45. The van der Waals surface area contributed by atoms with Crippen LogP contribution in [0.3, 0.4) is 0 Å². The van der Waals surface area contributed by atoms with Crippen molar-refractivity contribution in [2.24, 2.45) is 0 Å². The molecule has 2 nitrogen and oxygen atoms in total. The van der Waals surface area contributed by atoms with Crippen LogP contribution in [0.25, 0.3) is 32.7 Å². The largest absolute Gasteiger partial charge is 0.418 e. The molecule has 0 aromatic heterocycles. The van der Waals surface area contributed by atoms with Gasteiger partial charge in [0.1, 0.15) is 0 Å². The molecule has 0 radical (unpaired) electrons. The minimum Gasteiger partial charge on any atom is -0.418 e. The van der Waals surface area contributed by atoms with E-state index in [1.807, 2.05) is 42.5 Å². The Bertz CT molecular complexity index is 1690. The number of para-hydroxylation sites is 3. The summed E-state index contributed by atoms with van der Waals surface area (Å²) in [4.78, 5) is 1.12. The first-order valence-corrected chi connectivity index (χ1v) is 13.6. The SMILES string of the molecule is Cc1cc(C)c(-c2c3ccccc3c(SOc3ccccc3Nc3ccccc3)c3ccccc23)c(C)c1. The lowest BCUT2D eigenvalue weighted by Gasteiger charge is -2.20. The zero-order chi connectivity index (χ0) is 26.1. The average molecular weight is 512 g/mol. The second-order valence-electron chi connectivity index (χ2n) is 9.72. The molecule has 38 heavy (non-hydrogen) atoms. The van der Waals surface area contributed by atoms with Crippen molar-refractivity contribution in [3.8, 4) is 16.9 Å². The van der Waals surface area contributed by atoms with Crippen LogP contribution in [0.2, 0.25) is 0 Å². The van der Waals surface area contributed by atoms with Gasteiger partial charge in [0.2, 0.25) is 0 Å². The van der Waals surface area contributed by atoms with Crippen LogP contribution in [-0.4, -0.2) is 0 Å². The van der Waals surface area contributed by atoms with Crippen LogP contribution in [0.1, 0.15) is 16.7 Å². The van der Waals surface area contributed by atoms with Gasteiger partial charge in [-0.1, -0.05) is 96.6 Å². The van der Waals surface area contributed by atoms with Crippen molar-refractivity contribution in [2.45, 2.75) is 25.7 Å². The predicted molar refractivity (Wildman–Crippen MR) is 164 cm³/mol. The number of benzene rings is 6. The highest BCUT2D eigenvalue weighted by Gasteiger charge is 2.19. The maximum atomic E-state index is 6.47. The second-order valence-corrected chi connectivity index (χ2v) is 10.5. The third-order valence-corrected chi connectivity index (χ3v) is 7.83. The summed E-state index contributed by atoms with van der Waals surface area (Å²) in [5, 5.41) is 8.36. The number of anilines is 2. The summed E-state index contributed by atoms with van der Waals surface area (Å²) in [6, 6.07) is 40.2. The summed E-state index contributed by atoms with van der Waals surface area (Å²) in [6.45, 7) is 6.62. The molecule has 186 valence electrons. The van der Waals surface area contributed by atoms with Gasteiger partial charge in [-0.05, 0) is 88.8 Å². The predicted octanol–water partition coefficient (Wildman–Crippen LogP) is 10.4. The molecular formula is C35H29NOS. The molecule has 0 heterocycles. The van der Waals surface area contributed by atoms with Crippen molar-refractivity contribution in [2.75, 3.05) is 5.32 Å². The topological polar surface area (TPSA) is 21.3 Å². The molecule has 0 bridgehead atoms. The van der Waals surface area contributed by atoms with E-state index < -0.39 is 0 Å². The zero-order valence-electron chi connectivity index (χ0n) is 21.8. The van der Waals surface area contributed by atoms with E-state index >= 15 is 0 Å². The Kier molecular flexibility index (Phi) is 6.53. The molecule has 0 saturated heterocycles. The Balaban J connectivity index is 1.49. The molecule has 0 fully saturated rings. The monoisotopic (exact) mass is 511 g/mol. The first-order valence-electron chi connectivity index (χ1n) is 12.9. The molecule has 6 aromatic rings. The van der Waals surface area contributed by atoms with Crippen molar-refractivity contribution in [3.63, 3.8) is 0 Å². The first kappa shape index (κ1) is 24.1. The lowest BCUT2D eigenvalue weighted by Crippen LogP contribution is -1.96. The van der Waals surface area contributed by atoms with E-state index in [0.29, 0.717) is 0 Å². The average Bonchev–Trinajstić information content (AvgIpc) is 2.93. The van der Waals surface area contributed by atoms with Crippen molar-refractivity contribution >= 4 is 45.0 Å². The Morgan fingerprint density at radius 2 is 1.08 bits per heavy atom. The number of rotatable bonds is 6. The van der Waals surface area contributed by atoms with Crippen LogP contribution < -0.4 is 9.50 Å². The van der Waals surface area contributed by atoms with E-state index in [4.69, 9.17) is 4.18 Å². The molecule has 1 N–H and O–H groups in total. The fourth-order valence-corrected chi connectivity index (χ4v) is 6.28. The van der Waals surface area contributed by atoms with Gasteiger partial charge in [0, 0.05) is 5.69 Å². The van der Waals surface area contributed by atoms with Crippen molar-refractivity contribution in [1.82, 2.24) is 0 Å². The van der Waals surface area contributed by atoms with E-state index in [1.165, 1.54) is 61.4 Å². The highest BCUT2D eigenvalue weighted by atomic mass is 32.2. The maximum Gasteiger partial charge on any atom is 0.161 e. The molecule has 0 spiro atoms. The molecule has 0 unspecified atom stereocenters. The molecule has 0 amide bonds. The first-order chi connectivity index (χ1) is 18.6. The number of hydrogen-bond donors (Lipinski definition) is 1. The minimum absolute atomic E-state index is 0.795. The molecule has 3 heteroatoms. The van der Waals surface area contributed by atoms with E-state index in [-0.39, 0.29) is 0 Å². The molecular weight excluding hydrogens is 482 g/mol. The van der Waals surface area contributed by atoms with Gasteiger partial charge in [-0.25, -0.2) is 0 Å². The maximum absolute atomic E-state index is 6.47. The van der Waals surface area contributed by atoms with Crippen LogP contribution in [0, 0.1) is 20.8 Å². The molecule has 0 atom stereocenters. The van der Waals surface area contributed by atoms with Crippen molar-refractivity contribution in [3.05, 3.63) is 132 Å². The van der Waals surface area contributed by atoms with Crippen LogP contribution in [0.5, 0.6) is 5.75 Å². The van der Waals surface area contributed by atoms with Crippen LogP contribution in [0.15, 0.2) is 120 Å². The van der Waals surface area contributed by atoms with Gasteiger partial charge in [-0.15, -0.1) is 0 Å². The smallest absolute Gasteiger partial charge is 0.161 e. The van der Waals surface area contributed by atoms with Gasteiger partial charge in [0.25, 0.3) is 0 Å². The van der Waals surface area contributed by atoms with Crippen LogP contribution >= 0.6 is 12.0 Å². The summed E-state index contributed by atoms with van der Waals surface area (Å²) in [7, 11) is 0. The molecule has 6 rings (SSSR count). The van der Waals surface area contributed by atoms with Gasteiger partial charge < -0.3 is 9.50 Å². The van der Waals surface area contributed by atoms with Gasteiger partial charge in [-0.2, -0.15) is 0 Å². The standard InChI is InChI=1S/C35H29NOS/c1-23-21-24(2)33(25(3)22-23)34-27-15-7-9-17-29(27)35(30-18-10-8-16-28(30)34)38-37-32-20-12-11-19-31(32)36-26-13-5-4-6-14-26/h4-22,36H,1-3H3. The highest BCUT2D eigenvalue weighted by molar-refractivity contribution is 7.95. The lowest BCUT2D eigenvalue weighted by molar-refractivity contribution is 0.650. The molecule has 0 aliphatic carbocycles. The summed E-state index contributed by atoms with van der Waals surface area (Å²) >= 11 is 1.43. The summed E-state index contributed by atoms with van der Waals surface area (Å²) in [6.07, 6.45) is 0. The van der Waals surface area contributed by atoms with Crippen molar-refractivity contribution < 1.29 is 4.18 Å². The van der Waals surface area contributed by atoms with Gasteiger partial charge in [-0.3, -0.25) is 0 Å². The fraction of sp³-hybridized carbons (Fsp3) is 0.0857. The zero-order valence-corrected chi connectivity index (χ0v) is 22.6. The van der Waals surface area contributed by atoms with E-state index in [1.54, 1.807) is 0 Å². The van der Waals surface area contributed by atoms with Gasteiger partial charge >= 0.3 is 0 Å². The Morgan fingerprint density at radius 3 is 1.71 bits per heavy atom. The molecule has 0 aliphatic heterocycles. The Hall–Kier alpha value is -4.21. The fourth-order valence-electron chi connectivity index (χ4n) is 5.43. The van der Waals surface area contributed by atoms with E-state index in [9.17, 15) is 0 Å². The minimum atomic E-state index is 0.795. The quantitative estimate of drug-likeness (QED) is 0.177. The normalized spacial score (nSPS) is 11.1. The molecule has 6 aromatic carbocycles. The Morgan fingerprint density at radius 1 is 0.553 bits per heavy atom. The summed E-state index contributed by atoms with van der Waals surface area (Å²) in [5.74, 6) is 0.795. The van der Waals surface area contributed by atoms with Gasteiger partial charge in [0.15, 0.2) is 5.75 Å². The lowest BCUT2D eigenvalue weighted by atomic mass is 9.87. The van der Waals surface area contributed by atoms with Crippen LogP contribution in [-0.2, 0) is 0 Å². The summed E-state index contributed by atoms with van der Waals surface area (Å²) in [5.41, 5.74) is 8.46.